The van der Waals surface area contributed by atoms with Crippen LogP contribution in [-0.4, -0.2) is 46.9 Å². The molecule has 0 aliphatic carbocycles. The van der Waals surface area contributed by atoms with E-state index in [1.807, 2.05) is 18.2 Å². The van der Waals surface area contributed by atoms with Gasteiger partial charge >= 0.3 is 5.97 Å². The number of halogens is 1. The maximum atomic E-state index is 12.3. The molecule has 3 N–H and O–H groups in total. The summed E-state index contributed by atoms with van der Waals surface area (Å²) in [5, 5.41) is 19.5. The van der Waals surface area contributed by atoms with Crippen molar-refractivity contribution in [1.29, 1.82) is 0 Å². The van der Waals surface area contributed by atoms with Gasteiger partial charge in [-0.05, 0) is 25.0 Å². The van der Waals surface area contributed by atoms with Crippen LogP contribution in [0.4, 0.5) is 0 Å². The average molecular weight is 364 g/mol. The van der Waals surface area contributed by atoms with E-state index in [1.165, 1.54) is 0 Å². The van der Waals surface area contributed by atoms with Gasteiger partial charge in [-0.3, -0.25) is 14.7 Å². The number of aliphatic carboxylic acids is 1. The van der Waals surface area contributed by atoms with Crippen LogP contribution in [0.25, 0.3) is 11.3 Å². The summed E-state index contributed by atoms with van der Waals surface area (Å²) in [6.07, 6.45) is 0.743. The summed E-state index contributed by atoms with van der Waals surface area (Å²) < 4.78 is 5.23. The molecule has 0 unspecified atom stereocenters. The summed E-state index contributed by atoms with van der Waals surface area (Å²) in [5.41, 5.74) is 0.530. The topological polar surface area (TPSA) is 104 Å². The maximum Gasteiger partial charge on any atom is 0.311 e. The third kappa shape index (κ3) is 3.67. The number of nitrogens with zero attached hydrogens (tertiary/aromatic N) is 1. The van der Waals surface area contributed by atoms with Crippen LogP contribution in [0.3, 0.4) is 0 Å². The van der Waals surface area contributed by atoms with Gasteiger partial charge in [-0.15, -0.1) is 0 Å². The fourth-order valence-electron chi connectivity index (χ4n) is 2.82. The molecule has 1 aliphatic rings. The number of aromatic amines is 1. The highest BCUT2D eigenvalue weighted by Crippen LogP contribution is 2.30. The van der Waals surface area contributed by atoms with E-state index in [2.05, 4.69) is 15.5 Å². The summed E-state index contributed by atoms with van der Waals surface area (Å²) >= 11 is 6.13. The Labute approximate surface area is 149 Å². The van der Waals surface area contributed by atoms with Gasteiger partial charge in [0.15, 0.2) is 0 Å². The number of carboxylic acid groups (broad SMARTS) is 1. The second-order valence-electron chi connectivity index (χ2n) is 6.03. The molecule has 3 rings (SSSR count). The Hall–Kier alpha value is -2.38. The first kappa shape index (κ1) is 17.4. The Morgan fingerprint density at radius 2 is 2.04 bits per heavy atom. The number of aromatic nitrogens is 2. The molecule has 7 nitrogen and oxygen atoms in total. The molecule has 25 heavy (non-hydrogen) atoms. The fourth-order valence-corrected chi connectivity index (χ4v) is 3.05. The molecule has 1 aromatic carbocycles. The minimum Gasteiger partial charge on any atom is -0.481 e. The predicted molar refractivity (Wildman–Crippen MR) is 91.5 cm³/mol. The summed E-state index contributed by atoms with van der Waals surface area (Å²) in [5.74, 6) is -1.32. The van der Waals surface area contributed by atoms with Gasteiger partial charge in [-0.25, -0.2) is 0 Å². The molecule has 1 amide bonds. The zero-order valence-corrected chi connectivity index (χ0v) is 14.2. The number of hydrogen-bond donors (Lipinski definition) is 3. The Morgan fingerprint density at radius 1 is 1.32 bits per heavy atom. The Morgan fingerprint density at radius 3 is 2.72 bits per heavy atom. The van der Waals surface area contributed by atoms with E-state index in [0.717, 1.165) is 0 Å². The van der Waals surface area contributed by atoms with Crippen molar-refractivity contribution >= 4 is 23.5 Å². The number of carbonyl (C=O) groups is 2. The first-order valence-electron chi connectivity index (χ1n) is 7.91. The molecular weight excluding hydrogens is 346 g/mol. The van der Waals surface area contributed by atoms with Crippen LogP contribution in [0, 0.1) is 5.41 Å². The Kier molecular flexibility index (Phi) is 5.06. The van der Waals surface area contributed by atoms with Crippen molar-refractivity contribution in [2.75, 3.05) is 19.8 Å². The van der Waals surface area contributed by atoms with Crippen molar-refractivity contribution in [3.05, 3.63) is 41.0 Å². The molecular formula is C17H18ClN3O4. The van der Waals surface area contributed by atoms with E-state index >= 15 is 0 Å². The molecule has 8 heteroatoms. The lowest BCUT2D eigenvalue weighted by molar-refractivity contribution is -0.154. The number of ether oxygens (including phenoxy) is 1. The second-order valence-corrected chi connectivity index (χ2v) is 6.43. The van der Waals surface area contributed by atoms with E-state index in [-0.39, 0.29) is 12.2 Å². The number of benzene rings is 1. The van der Waals surface area contributed by atoms with Crippen molar-refractivity contribution < 1.29 is 19.4 Å². The Balaban J connectivity index is 1.70. The van der Waals surface area contributed by atoms with E-state index in [4.69, 9.17) is 16.3 Å². The highest BCUT2D eigenvalue weighted by atomic mass is 35.5. The third-order valence-electron chi connectivity index (χ3n) is 4.46. The lowest BCUT2D eigenvalue weighted by atomic mass is 9.80. The molecule has 132 valence electrons. The standard InChI is InChI=1S/C17H18ClN3O4/c18-12-4-2-1-3-11(12)13-9-14(21-20-13)15(22)19-10-17(16(23)24)5-7-25-8-6-17/h1-4,9H,5-8,10H2,(H,19,22)(H,20,21)(H,23,24). The maximum absolute atomic E-state index is 12.3. The van der Waals surface area contributed by atoms with E-state index in [0.29, 0.717) is 42.3 Å². The monoisotopic (exact) mass is 363 g/mol. The SMILES string of the molecule is O=C(NCC1(C(=O)O)CCOCC1)c1cc(-c2ccccc2Cl)n[nH]1. The zero-order chi connectivity index (χ0) is 17.9. The van der Waals surface area contributed by atoms with Crippen LogP contribution in [0.5, 0.6) is 0 Å². The number of rotatable bonds is 5. The van der Waals surface area contributed by atoms with Crippen LogP contribution in [-0.2, 0) is 9.53 Å². The van der Waals surface area contributed by atoms with Gasteiger partial charge < -0.3 is 15.2 Å². The van der Waals surface area contributed by atoms with Gasteiger partial charge in [-0.2, -0.15) is 5.10 Å². The number of carboxylic acids is 1. The Bertz CT molecular complexity index is 784. The third-order valence-corrected chi connectivity index (χ3v) is 4.79. The highest BCUT2D eigenvalue weighted by molar-refractivity contribution is 6.33. The van der Waals surface area contributed by atoms with Crippen LogP contribution in [0.15, 0.2) is 30.3 Å². The zero-order valence-electron chi connectivity index (χ0n) is 13.4. The lowest BCUT2D eigenvalue weighted by Crippen LogP contribution is -2.46. The molecule has 0 atom stereocenters. The summed E-state index contributed by atoms with van der Waals surface area (Å²) in [6.45, 7) is 0.802. The van der Waals surface area contributed by atoms with Crippen molar-refractivity contribution in [2.45, 2.75) is 12.8 Å². The minimum absolute atomic E-state index is 0.0466. The molecule has 2 heterocycles. The van der Waals surface area contributed by atoms with Gasteiger partial charge in [0.05, 0.1) is 16.1 Å². The summed E-state index contributed by atoms with van der Waals surface area (Å²) in [4.78, 5) is 24.0. The first-order chi connectivity index (χ1) is 12.0. The minimum atomic E-state index is -0.987. The van der Waals surface area contributed by atoms with Gasteiger partial charge in [0, 0.05) is 25.3 Å². The molecule has 1 saturated heterocycles. The van der Waals surface area contributed by atoms with Crippen molar-refractivity contribution in [3.63, 3.8) is 0 Å². The molecule has 0 spiro atoms. The molecule has 1 aliphatic heterocycles. The number of carbonyl (C=O) groups excluding carboxylic acids is 1. The van der Waals surface area contributed by atoms with E-state index in [1.54, 1.807) is 12.1 Å². The number of H-pyrrole nitrogens is 1. The largest absolute Gasteiger partial charge is 0.481 e. The van der Waals surface area contributed by atoms with Crippen molar-refractivity contribution in [2.24, 2.45) is 5.41 Å². The van der Waals surface area contributed by atoms with Gasteiger partial charge in [-0.1, -0.05) is 29.8 Å². The normalized spacial score (nSPS) is 16.4. The van der Waals surface area contributed by atoms with E-state index in [9.17, 15) is 14.7 Å². The van der Waals surface area contributed by atoms with Gasteiger partial charge in [0.1, 0.15) is 5.69 Å². The molecule has 1 fully saturated rings. The number of amides is 1. The molecule has 1 aromatic heterocycles. The van der Waals surface area contributed by atoms with Crippen LogP contribution < -0.4 is 5.32 Å². The predicted octanol–water partition coefficient (Wildman–Crippen LogP) is 2.34. The quantitative estimate of drug-likeness (QED) is 0.756. The van der Waals surface area contributed by atoms with E-state index < -0.39 is 17.3 Å². The summed E-state index contributed by atoms with van der Waals surface area (Å²) in [6, 6.07) is 8.78. The molecule has 2 aromatic rings. The average Bonchev–Trinajstić information content (AvgIpc) is 3.10. The fraction of sp³-hybridized carbons (Fsp3) is 0.353. The summed E-state index contributed by atoms with van der Waals surface area (Å²) in [7, 11) is 0. The second kappa shape index (κ2) is 7.25. The highest BCUT2D eigenvalue weighted by Gasteiger charge is 2.40. The molecule has 0 radical (unpaired) electrons. The lowest BCUT2D eigenvalue weighted by Gasteiger charge is -2.33. The van der Waals surface area contributed by atoms with Crippen LogP contribution >= 0.6 is 11.6 Å². The molecule has 0 bridgehead atoms. The smallest absolute Gasteiger partial charge is 0.311 e. The van der Waals surface area contributed by atoms with Crippen molar-refractivity contribution in [1.82, 2.24) is 15.5 Å². The van der Waals surface area contributed by atoms with Crippen LogP contribution in [0.2, 0.25) is 5.02 Å². The number of hydrogen-bond acceptors (Lipinski definition) is 4. The number of nitrogens with one attached hydrogen (secondary N) is 2. The molecule has 0 saturated carbocycles. The van der Waals surface area contributed by atoms with Gasteiger partial charge in [0.25, 0.3) is 5.91 Å². The van der Waals surface area contributed by atoms with Crippen LogP contribution in [0.1, 0.15) is 23.3 Å². The van der Waals surface area contributed by atoms with Gasteiger partial charge in [0.2, 0.25) is 0 Å². The first-order valence-corrected chi connectivity index (χ1v) is 8.29. The van der Waals surface area contributed by atoms with Crippen molar-refractivity contribution in [3.8, 4) is 11.3 Å².